The lowest BCUT2D eigenvalue weighted by Crippen LogP contribution is -2.14. The number of benzene rings is 3. The Morgan fingerprint density at radius 3 is 2.17 bits per heavy atom. The van der Waals surface area contributed by atoms with Crippen LogP contribution in [0.2, 0.25) is 0 Å². The Labute approximate surface area is 172 Å². The van der Waals surface area contributed by atoms with Crippen molar-refractivity contribution in [2.24, 2.45) is 0 Å². The molecule has 0 unspecified atom stereocenters. The lowest BCUT2D eigenvalue weighted by molar-refractivity contribution is 0.587. The molecule has 0 saturated heterocycles. The van der Waals surface area contributed by atoms with E-state index >= 15 is 0 Å². The van der Waals surface area contributed by atoms with Crippen molar-refractivity contribution in [3.05, 3.63) is 72.3 Å². The molecule has 0 atom stereocenters. The van der Waals surface area contributed by atoms with Crippen molar-refractivity contribution in [3.8, 4) is 0 Å². The molecule has 29 heavy (non-hydrogen) atoms. The molecule has 0 saturated carbocycles. The van der Waals surface area contributed by atoms with Gasteiger partial charge in [-0.05, 0) is 54.3 Å². The molecule has 0 amide bonds. The highest BCUT2D eigenvalue weighted by molar-refractivity contribution is 7.92. The van der Waals surface area contributed by atoms with Crippen molar-refractivity contribution in [2.45, 2.75) is 44.6 Å². The first-order valence-corrected chi connectivity index (χ1v) is 11.3. The number of aryl methyl sites for hydroxylation is 1. The van der Waals surface area contributed by atoms with Crippen LogP contribution in [0.5, 0.6) is 0 Å². The molecule has 1 N–H and O–H groups in total. The first-order chi connectivity index (χ1) is 13.7. The van der Waals surface area contributed by atoms with Gasteiger partial charge in [-0.15, -0.1) is 0 Å². The monoisotopic (exact) mass is 406 g/mol. The fraction of sp³-hybridized carbons (Fsp3) is 0.250. The predicted octanol–water partition coefficient (Wildman–Crippen LogP) is 5.91. The van der Waals surface area contributed by atoms with Crippen LogP contribution in [0.25, 0.3) is 21.8 Å². The second kappa shape index (κ2) is 6.92. The number of aromatic nitrogens is 1. The molecule has 0 bridgehead atoms. The van der Waals surface area contributed by atoms with Crippen molar-refractivity contribution >= 4 is 37.5 Å². The summed E-state index contributed by atoms with van der Waals surface area (Å²) >= 11 is 0. The second-order valence-electron chi connectivity index (χ2n) is 8.37. The van der Waals surface area contributed by atoms with Crippen LogP contribution in [-0.4, -0.2) is 13.0 Å². The van der Waals surface area contributed by atoms with Gasteiger partial charge in [-0.2, -0.15) is 0 Å². The molecular weight excluding hydrogens is 380 g/mol. The van der Waals surface area contributed by atoms with Gasteiger partial charge in [-0.1, -0.05) is 51.1 Å². The summed E-state index contributed by atoms with van der Waals surface area (Å²) in [6, 6.07) is 21.0. The maximum absolute atomic E-state index is 12.9. The summed E-state index contributed by atoms with van der Waals surface area (Å²) in [7, 11) is -3.65. The SMILES string of the molecule is CCn1c2ccccc2c2cc(NS(=O)(=O)c3ccc(C(C)(C)C)cc3)ccc21. The van der Waals surface area contributed by atoms with E-state index in [1.165, 1.54) is 0 Å². The Balaban J connectivity index is 1.73. The van der Waals surface area contributed by atoms with Gasteiger partial charge in [0.05, 0.1) is 4.90 Å². The zero-order valence-electron chi connectivity index (χ0n) is 17.2. The summed E-state index contributed by atoms with van der Waals surface area (Å²) in [4.78, 5) is 0.265. The molecule has 3 aromatic carbocycles. The number of hydrogen-bond donors (Lipinski definition) is 1. The van der Waals surface area contributed by atoms with E-state index in [0.29, 0.717) is 5.69 Å². The Bertz CT molecular complexity index is 1290. The van der Waals surface area contributed by atoms with Crippen LogP contribution in [0.15, 0.2) is 71.6 Å². The Kier molecular flexibility index (Phi) is 4.66. The summed E-state index contributed by atoms with van der Waals surface area (Å²) in [5.41, 5.74) is 3.91. The lowest BCUT2D eigenvalue weighted by atomic mass is 9.87. The number of anilines is 1. The summed E-state index contributed by atoms with van der Waals surface area (Å²) < 4.78 is 30.8. The van der Waals surface area contributed by atoms with Crippen molar-refractivity contribution in [1.82, 2.24) is 4.57 Å². The second-order valence-corrected chi connectivity index (χ2v) is 10.1. The third-order valence-corrected chi connectivity index (χ3v) is 6.77. The van der Waals surface area contributed by atoms with Crippen LogP contribution in [0.1, 0.15) is 33.3 Å². The van der Waals surface area contributed by atoms with E-state index < -0.39 is 10.0 Å². The topological polar surface area (TPSA) is 51.1 Å². The van der Waals surface area contributed by atoms with Crippen LogP contribution >= 0.6 is 0 Å². The fourth-order valence-corrected chi connectivity index (χ4v) is 4.86. The van der Waals surface area contributed by atoms with E-state index in [9.17, 15) is 8.42 Å². The van der Waals surface area contributed by atoms with Gasteiger partial charge in [0.1, 0.15) is 0 Å². The molecule has 0 spiro atoms. The standard InChI is InChI=1S/C24H26N2O2S/c1-5-26-22-9-7-6-8-20(22)21-16-18(12-15-23(21)26)25-29(27,28)19-13-10-17(11-14-19)24(2,3)4/h6-16,25H,5H2,1-4H3. The average molecular weight is 407 g/mol. The van der Waals surface area contributed by atoms with Gasteiger partial charge in [-0.3, -0.25) is 4.72 Å². The largest absolute Gasteiger partial charge is 0.341 e. The van der Waals surface area contributed by atoms with Gasteiger partial charge in [0, 0.05) is 34.0 Å². The van der Waals surface area contributed by atoms with E-state index in [-0.39, 0.29) is 10.3 Å². The van der Waals surface area contributed by atoms with Crippen LogP contribution in [0.3, 0.4) is 0 Å². The molecule has 150 valence electrons. The van der Waals surface area contributed by atoms with E-state index in [4.69, 9.17) is 0 Å². The molecule has 1 heterocycles. The molecule has 4 rings (SSSR count). The van der Waals surface area contributed by atoms with Gasteiger partial charge < -0.3 is 4.57 Å². The molecule has 0 aliphatic heterocycles. The molecule has 0 aliphatic rings. The molecule has 4 aromatic rings. The minimum atomic E-state index is -3.65. The number of nitrogens with one attached hydrogen (secondary N) is 1. The predicted molar refractivity (Wildman–Crippen MR) is 121 cm³/mol. The number of hydrogen-bond acceptors (Lipinski definition) is 2. The number of sulfonamides is 1. The molecule has 0 aliphatic carbocycles. The number of rotatable bonds is 4. The highest BCUT2D eigenvalue weighted by atomic mass is 32.2. The van der Waals surface area contributed by atoms with Crippen molar-refractivity contribution in [1.29, 1.82) is 0 Å². The smallest absolute Gasteiger partial charge is 0.261 e. The van der Waals surface area contributed by atoms with Crippen molar-refractivity contribution < 1.29 is 8.42 Å². The molecule has 5 heteroatoms. The average Bonchev–Trinajstić information content (AvgIpc) is 3.00. The van der Waals surface area contributed by atoms with Gasteiger partial charge in [-0.25, -0.2) is 8.42 Å². The quantitative estimate of drug-likeness (QED) is 0.458. The summed E-state index contributed by atoms with van der Waals surface area (Å²) in [6.45, 7) is 9.29. The van der Waals surface area contributed by atoms with E-state index in [1.807, 2.05) is 42.5 Å². The summed E-state index contributed by atoms with van der Waals surface area (Å²) in [6.07, 6.45) is 0. The van der Waals surface area contributed by atoms with Gasteiger partial charge >= 0.3 is 0 Å². The highest BCUT2D eigenvalue weighted by Gasteiger charge is 2.18. The summed E-state index contributed by atoms with van der Waals surface area (Å²) in [5.74, 6) is 0. The van der Waals surface area contributed by atoms with Crippen LogP contribution in [-0.2, 0) is 22.0 Å². The fourth-order valence-electron chi connectivity index (χ4n) is 3.81. The van der Waals surface area contributed by atoms with E-state index in [2.05, 4.69) is 49.1 Å². The molecular formula is C24H26N2O2S. The van der Waals surface area contributed by atoms with Crippen LogP contribution < -0.4 is 4.72 Å². The van der Waals surface area contributed by atoms with Gasteiger partial charge in [0.25, 0.3) is 10.0 Å². The third kappa shape index (κ3) is 3.51. The Morgan fingerprint density at radius 2 is 1.52 bits per heavy atom. The van der Waals surface area contributed by atoms with Crippen molar-refractivity contribution in [2.75, 3.05) is 4.72 Å². The maximum Gasteiger partial charge on any atom is 0.261 e. The lowest BCUT2D eigenvalue weighted by Gasteiger charge is -2.19. The first kappa shape index (κ1) is 19.5. The van der Waals surface area contributed by atoms with Gasteiger partial charge in [0.2, 0.25) is 0 Å². The van der Waals surface area contributed by atoms with Crippen LogP contribution in [0.4, 0.5) is 5.69 Å². The highest BCUT2D eigenvalue weighted by Crippen LogP contribution is 2.32. The van der Waals surface area contributed by atoms with E-state index in [0.717, 1.165) is 33.9 Å². The molecule has 1 aromatic heterocycles. The zero-order valence-corrected chi connectivity index (χ0v) is 18.0. The van der Waals surface area contributed by atoms with Crippen LogP contribution in [0, 0.1) is 0 Å². The maximum atomic E-state index is 12.9. The molecule has 0 radical (unpaired) electrons. The van der Waals surface area contributed by atoms with Gasteiger partial charge in [0.15, 0.2) is 0 Å². The van der Waals surface area contributed by atoms with E-state index in [1.54, 1.807) is 12.1 Å². The third-order valence-electron chi connectivity index (χ3n) is 5.37. The minimum Gasteiger partial charge on any atom is -0.341 e. The number of nitrogens with zero attached hydrogens (tertiary/aromatic N) is 1. The zero-order chi connectivity index (χ0) is 20.8. The summed E-state index contributed by atoms with van der Waals surface area (Å²) in [5, 5.41) is 2.17. The number of fused-ring (bicyclic) bond motifs is 3. The minimum absolute atomic E-state index is 0.0196. The Morgan fingerprint density at radius 1 is 0.862 bits per heavy atom. The van der Waals surface area contributed by atoms with Crippen molar-refractivity contribution in [3.63, 3.8) is 0 Å². The molecule has 4 nitrogen and oxygen atoms in total. The number of para-hydroxylation sites is 1. The molecule has 0 fully saturated rings. The Hall–Kier alpha value is -2.79. The first-order valence-electron chi connectivity index (χ1n) is 9.85. The normalized spacial score (nSPS) is 12.6.